The van der Waals surface area contributed by atoms with Gasteiger partial charge in [0.05, 0.1) is 18.2 Å². The molecule has 2 N–H and O–H groups in total. The average molecular weight is 186 g/mol. The zero-order chi connectivity index (χ0) is 9.31. The van der Waals surface area contributed by atoms with Crippen molar-refractivity contribution in [2.75, 3.05) is 40.0 Å². The van der Waals surface area contributed by atoms with Crippen LogP contribution in [0.15, 0.2) is 0 Å². The van der Waals surface area contributed by atoms with Gasteiger partial charge < -0.3 is 15.2 Å². The first-order chi connectivity index (χ1) is 6.30. The molecule has 0 aromatic carbocycles. The van der Waals surface area contributed by atoms with Gasteiger partial charge in [0.1, 0.15) is 0 Å². The molecule has 2 heterocycles. The van der Waals surface area contributed by atoms with E-state index in [2.05, 4.69) is 4.90 Å². The summed E-state index contributed by atoms with van der Waals surface area (Å²) >= 11 is 0. The van der Waals surface area contributed by atoms with Crippen LogP contribution in [0.5, 0.6) is 0 Å². The van der Waals surface area contributed by atoms with Crippen molar-refractivity contribution < 1.29 is 9.47 Å². The Morgan fingerprint density at radius 3 is 2.85 bits per heavy atom. The molecule has 0 aliphatic carbocycles. The van der Waals surface area contributed by atoms with Crippen molar-refractivity contribution in [2.24, 2.45) is 5.73 Å². The maximum atomic E-state index is 5.80. The summed E-state index contributed by atoms with van der Waals surface area (Å²) in [5.41, 5.74) is 5.92. The number of rotatable bonds is 3. The fourth-order valence-corrected chi connectivity index (χ4v) is 2.11. The molecular formula is C9H18N2O2. The van der Waals surface area contributed by atoms with Gasteiger partial charge in [0, 0.05) is 33.4 Å². The van der Waals surface area contributed by atoms with Gasteiger partial charge in [-0.1, -0.05) is 0 Å². The second-order valence-corrected chi connectivity index (χ2v) is 3.99. The van der Waals surface area contributed by atoms with E-state index in [0.717, 1.165) is 32.7 Å². The fraction of sp³-hybridized carbons (Fsp3) is 1.00. The molecule has 0 amide bonds. The summed E-state index contributed by atoms with van der Waals surface area (Å²) in [4.78, 5) is 2.40. The fourth-order valence-electron chi connectivity index (χ4n) is 2.11. The Kier molecular flexibility index (Phi) is 2.55. The molecule has 2 fully saturated rings. The zero-order valence-electron chi connectivity index (χ0n) is 8.16. The zero-order valence-corrected chi connectivity index (χ0v) is 8.16. The third-order valence-electron chi connectivity index (χ3n) is 3.31. The minimum atomic E-state index is 0.120. The summed E-state index contributed by atoms with van der Waals surface area (Å²) in [6.45, 7) is 4.36. The molecule has 0 spiro atoms. The molecule has 2 aliphatic rings. The highest BCUT2D eigenvalue weighted by Gasteiger charge is 2.45. The number of hydrogen-bond donors (Lipinski definition) is 1. The van der Waals surface area contributed by atoms with Gasteiger partial charge in [0.15, 0.2) is 0 Å². The van der Waals surface area contributed by atoms with E-state index in [1.807, 2.05) is 0 Å². The predicted molar refractivity (Wildman–Crippen MR) is 49.6 cm³/mol. The SMILES string of the molecule is COC1CN(C2(CN)CCOC2)C1. The molecule has 0 saturated carbocycles. The summed E-state index contributed by atoms with van der Waals surface area (Å²) < 4.78 is 10.7. The summed E-state index contributed by atoms with van der Waals surface area (Å²) in [5.74, 6) is 0. The normalized spacial score (nSPS) is 36.5. The minimum Gasteiger partial charge on any atom is -0.379 e. The van der Waals surface area contributed by atoms with E-state index >= 15 is 0 Å². The number of nitrogens with zero attached hydrogens (tertiary/aromatic N) is 1. The Balaban J connectivity index is 1.91. The lowest BCUT2D eigenvalue weighted by atomic mass is 9.92. The lowest BCUT2D eigenvalue weighted by Crippen LogP contribution is -2.65. The Labute approximate surface area is 79.0 Å². The van der Waals surface area contributed by atoms with Gasteiger partial charge in [-0.2, -0.15) is 0 Å². The number of ether oxygens (including phenoxy) is 2. The van der Waals surface area contributed by atoms with E-state index in [9.17, 15) is 0 Å². The van der Waals surface area contributed by atoms with Crippen LogP contribution in [0.1, 0.15) is 6.42 Å². The van der Waals surface area contributed by atoms with Gasteiger partial charge >= 0.3 is 0 Å². The van der Waals surface area contributed by atoms with Gasteiger partial charge in [0.2, 0.25) is 0 Å². The molecule has 0 bridgehead atoms. The molecule has 1 unspecified atom stereocenters. The first-order valence-electron chi connectivity index (χ1n) is 4.86. The lowest BCUT2D eigenvalue weighted by molar-refractivity contribution is -0.0843. The van der Waals surface area contributed by atoms with E-state index in [1.165, 1.54) is 0 Å². The van der Waals surface area contributed by atoms with Crippen molar-refractivity contribution in [1.82, 2.24) is 4.90 Å². The Hall–Kier alpha value is -0.160. The summed E-state index contributed by atoms with van der Waals surface area (Å²) in [7, 11) is 1.77. The van der Waals surface area contributed by atoms with Crippen LogP contribution >= 0.6 is 0 Å². The molecule has 0 aromatic heterocycles. The smallest absolute Gasteiger partial charge is 0.0825 e. The summed E-state index contributed by atoms with van der Waals surface area (Å²) in [6.07, 6.45) is 1.48. The van der Waals surface area contributed by atoms with Crippen LogP contribution in [0.4, 0.5) is 0 Å². The van der Waals surface area contributed by atoms with Crippen LogP contribution in [-0.2, 0) is 9.47 Å². The van der Waals surface area contributed by atoms with Crippen molar-refractivity contribution >= 4 is 0 Å². The van der Waals surface area contributed by atoms with E-state index in [4.69, 9.17) is 15.2 Å². The van der Waals surface area contributed by atoms with Crippen LogP contribution in [0.3, 0.4) is 0 Å². The molecule has 0 aromatic rings. The highest BCUT2D eigenvalue weighted by Crippen LogP contribution is 2.30. The maximum absolute atomic E-state index is 5.80. The van der Waals surface area contributed by atoms with Crippen molar-refractivity contribution in [3.05, 3.63) is 0 Å². The largest absolute Gasteiger partial charge is 0.379 e. The highest BCUT2D eigenvalue weighted by atomic mass is 16.5. The van der Waals surface area contributed by atoms with Gasteiger partial charge in [-0.25, -0.2) is 0 Å². The molecule has 4 heteroatoms. The maximum Gasteiger partial charge on any atom is 0.0825 e. The van der Waals surface area contributed by atoms with Crippen LogP contribution < -0.4 is 5.73 Å². The summed E-state index contributed by atoms with van der Waals surface area (Å²) in [5, 5.41) is 0. The second-order valence-electron chi connectivity index (χ2n) is 3.99. The number of methoxy groups -OCH3 is 1. The monoisotopic (exact) mass is 186 g/mol. The van der Waals surface area contributed by atoms with Crippen LogP contribution in [0.25, 0.3) is 0 Å². The molecular weight excluding hydrogens is 168 g/mol. The molecule has 76 valence electrons. The number of hydrogen-bond acceptors (Lipinski definition) is 4. The topological polar surface area (TPSA) is 47.7 Å². The number of nitrogens with two attached hydrogens (primary N) is 1. The van der Waals surface area contributed by atoms with Crippen LogP contribution in [-0.4, -0.2) is 56.5 Å². The second kappa shape index (κ2) is 3.53. The Morgan fingerprint density at radius 1 is 1.62 bits per heavy atom. The summed E-state index contributed by atoms with van der Waals surface area (Å²) in [6, 6.07) is 0. The van der Waals surface area contributed by atoms with E-state index in [-0.39, 0.29) is 5.54 Å². The van der Waals surface area contributed by atoms with Gasteiger partial charge in [-0.15, -0.1) is 0 Å². The first-order valence-corrected chi connectivity index (χ1v) is 4.86. The van der Waals surface area contributed by atoms with E-state index in [1.54, 1.807) is 7.11 Å². The van der Waals surface area contributed by atoms with Crippen molar-refractivity contribution in [1.29, 1.82) is 0 Å². The number of likely N-dealkylation sites (tertiary alicyclic amines) is 1. The van der Waals surface area contributed by atoms with E-state index in [0.29, 0.717) is 12.6 Å². The molecule has 13 heavy (non-hydrogen) atoms. The quantitative estimate of drug-likeness (QED) is 0.641. The molecule has 0 radical (unpaired) electrons. The van der Waals surface area contributed by atoms with Crippen molar-refractivity contribution in [3.63, 3.8) is 0 Å². The van der Waals surface area contributed by atoms with Gasteiger partial charge in [-0.3, -0.25) is 4.90 Å². The molecule has 4 nitrogen and oxygen atoms in total. The van der Waals surface area contributed by atoms with Crippen LogP contribution in [0.2, 0.25) is 0 Å². The molecule has 2 rings (SSSR count). The standard InChI is InChI=1S/C9H18N2O2/c1-12-8-4-11(5-8)9(6-10)2-3-13-7-9/h8H,2-7,10H2,1H3. The van der Waals surface area contributed by atoms with Crippen LogP contribution in [0, 0.1) is 0 Å². The average Bonchev–Trinajstić information content (AvgIpc) is 2.52. The first kappa shape index (κ1) is 9.40. The Morgan fingerprint density at radius 2 is 2.38 bits per heavy atom. The predicted octanol–water partition coefficient (Wildman–Crippen LogP) is -0.565. The van der Waals surface area contributed by atoms with Gasteiger partial charge in [-0.05, 0) is 6.42 Å². The molecule has 2 saturated heterocycles. The molecule has 2 aliphatic heterocycles. The van der Waals surface area contributed by atoms with E-state index < -0.39 is 0 Å². The molecule has 1 atom stereocenters. The third-order valence-corrected chi connectivity index (χ3v) is 3.31. The lowest BCUT2D eigenvalue weighted by Gasteiger charge is -2.49. The van der Waals surface area contributed by atoms with Gasteiger partial charge in [0.25, 0.3) is 0 Å². The minimum absolute atomic E-state index is 0.120. The Bertz CT molecular complexity index is 174. The highest BCUT2D eigenvalue weighted by molar-refractivity contribution is 5.00. The third kappa shape index (κ3) is 1.48. The van der Waals surface area contributed by atoms with Crippen molar-refractivity contribution in [3.8, 4) is 0 Å². The van der Waals surface area contributed by atoms with Crippen molar-refractivity contribution in [2.45, 2.75) is 18.1 Å².